The summed E-state index contributed by atoms with van der Waals surface area (Å²) in [5, 5.41) is 8.44. The van der Waals surface area contributed by atoms with Crippen LogP contribution in [0.3, 0.4) is 0 Å². The van der Waals surface area contributed by atoms with E-state index in [9.17, 15) is 9.59 Å². The fourth-order valence-corrected chi connectivity index (χ4v) is 3.44. The number of carbonyl (C=O) groups excluding carboxylic acids is 1. The Morgan fingerprint density at radius 2 is 1.75 bits per heavy atom. The Hall–Kier alpha value is -2.99. The van der Waals surface area contributed by atoms with E-state index in [1.165, 1.54) is 4.68 Å². The summed E-state index contributed by atoms with van der Waals surface area (Å²) in [7, 11) is 0. The van der Waals surface area contributed by atoms with E-state index < -0.39 is 0 Å². The summed E-state index contributed by atoms with van der Waals surface area (Å²) in [5.74, 6) is -0.224. The van der Waals surface area contributed by atoms with Crippen molar-refractivity contribution in [3.05, 3.63) is 76.7 Å². The highest BCUT2D eigenvalue weighted by Gasteiger charge is 2.19. The molecule has 1 amide bonds. The molecule has 146 valence electrons. The van der Waals surface area contributed by atoms with Crippen molar-refractivity contribution in [2.75, 3.05) is 19.6 Å². The number of amides is 1. The van der Waals surface area contributed by atoms with Gasteiger partial charge in [-0.15, -0.1) is 0 Å². The highest BCUT2D eigenvalue weighted by atomic mass is 16.2. The fraction of sp³-hybridized carbons (Fsp3) is 0.318. The Kier molecular flexibility index (Phi) is 6.55. The Labute approximate surface area is 164 Å². The first-order valence-corrected chi connectivity index (χ1v) is 9.64. The van der Waals surface area contributed by atoms with E-state index in [1.807, 2.05) is 36.4 Å². The number of benzene rings is 2. The molecule has 6 nitrogen and oxygen atoms in total. The number of likely N-dealkylation sites (N-methyl/N-ethyl adjacent to an activating group) is 1. The van der Waals surface area contributed by atoms with Crippen molar-refractivity contribution in [3.63, 3.8) is 0 Å². The molecule has 3 aromatic rings. The lowest BCUT2D eigenvalue weighted by atomic mass is 10.1. The minimum absolute atomic E-state index is 0.0847. The van der Waals surface area contributed by atoms with Crippen LogP contribution in [0, 0.1) is 0 Å². The van der Waals surface area contributed by atoms with Gasteiger partial charge in [-0.3, -0.25) is 14.5 Å². The summed E-state index contributed by atoms with van der Waals surface area (Å²) < 4.78 is 1.21. The van der Waals surface area contributed by atoms with E-state index in [4.69, 9.17) is 0 Å². The monoisotopic (exact) mass is 378 g/mol. The number of rotatable bonds is 8. The third kappa shape index (κ3) is 4.46. The van der Waals surface area contributed by atoms with Gasteiger partial charge in [0, 0.05) is 11.9 Å². The minimum atomic E-state index is -0.253. The molecule has 1 unspecified atom stereocenters. The van der Waals surface area contributed by atoms with Crippen molar-refractivity contribution in [1.29, 1.82) is 0 Å². The number of hydrogen-bond donors (Lipinski definition) is 1. The molecular weight excluding hydrogens is 352 g/mol. The zero-order valence-electron chi connectivity index (χ0n) is 16.3. The summed E-state index contributed by atoms with van der Waals surface area (Å²) in [6.45, 7) is 6.38. The molecule has 28 heavy (non-hydrogen) atoms. The van der Waals surface area contributed by atoms with Crippen LogP contribution >= 0.6 is 0 Å². The van der Waals surface area contributed by atoms with Crippen molar-refractivity contribution in [2.45, 2.75) is 26.4 Å². The van der Waals surface area contributed by atoms with Gasteiger partial charge in [0.25, 0.3) is 5.56 Å². The van der Waals surface area contributed by atoms with Gasteiger partial charge >= 0.3 is 0 Å². The largest absolute Gasteiger partial charge is 0.353 e. The highest BCUT2D eigenvalue weighted by Crippen LogP contribution is 2.19. The lowest BCUT2D eigenvalue weighted by Crippen LogP contribution is -2.40. The van der Waals surface area contributed by atoms with Crippen molar-refractivity contribution in [1.82, 2.24) is 20.0 Å². The van der Waals surface area contributed by atoms with Crippen LogP contribution in [0.15, 0.2) is 65.6 Å². The predicted molar refractivity (Wildman–Crippen MR) is 111 cm³/mol. The van der Waals surface area contributed by atoms with Crippen molar-refractivity contribution >= 4 is 16.7 Å². The number of nitrogens with one attached hydrogen (secondary N) is 1. The average molecular weight is 378 g/mol. The Balaban J connectivity index is 1.71. The second kappa shape index (κ2) is 9.28. The molecule has 0 saturated carbocycles. The summed E-state index contributed by atoms with van der Waals surface area (Å²) in [6.07, 6.45) is 1.62. The standard InChI is InChI=1S/C22H26N4O2/c1-3-25(4-2)20(17-10-6-5-7-11-17)15-23-21(27)16-26-22(28)19-13-9-8-12-18(19)14-24-26/h5-14,20H,3-4,15-16H2,1-2H3,(H,23,27). The summed E-state index contributed by atoms with van der Waals surface area (Å²) in [4.78, 5) is 27.3. The first kappa shape index (κ1) is 19.8. The van der Waals surface area contributed by atoms with Gasteiger partial charge in [0.05, 0.1) is 17.6 Å². The molecule has 1 N–H and O–H groups in total. The molecule has 1 atom stereocenters. The molecule has 0 saturated heterocycles. The van der Waals surface area contributed by atoms with Crippen LogP contribution in [0.5, 0.6) is 0 Å². The molecular formula is C22H26N4O2. The van der Waals surface area contributed by atoms with Crippen LogP contribution in [0.1, 0.15) is 25.5 Å². The van der Waals surface area contributed by atoms with Gasteiger partial charge in [-0.05, 0) is 24.7 Å². The molecule has 0 radical (unpaired) electrons. The van der Waals surface area contributed by atoms with Crippen molar-refractivity contribution in [2.24, 2.45) is 0 Å². The Morgan fingerprint density at radius 3 is 2.46 bits per heavy atom. The number of hydrogen-bond acceptors (Lipinski definition) is 4. The van der Waals surface area contributed by atoms with Gasteiger partial charge in [0.2, 0.25) is 5.91 Å². The van der Waals surface area contributed by atoms with Crippen LogP contribution in [0.25, 0.3) is 10.8 Å². The second-order valence-corrected chi connectivity index (χ2v) is 6.65. The van der Waals surface area contributed by atoms with Crippen LogP contribution < -0.4 is 10.9 Å². The second-order valence-electron chi connectivity index (χ2n) is 6.65. The highest BCUT2D eigenvalue weighted by molar-refractivity contribution is 5.81. The van der Waals surface area contributed by atoms with Crippen molar-refractivity contribution in [3.8, 4) is 0 Å². The van der Waals surface area contributed by atoms with Gasteiger partial charge in [-0.1, -0.05) is 62.4 Å². The lowest BCUT2D eigenvalue weighted by molar-refractivity contribution is -0.122. The summed E-state index contributed by atoms with van der Waals surface area (Å²) in [5.41, 5.74) is 0.907. The first-order chi connectivity index (χ1) is 13.6. The Morgan fingerprint density at radius 1 is 1.07 bits per heavy atom. The van der Waals surface area contributed by atoms with E-state index >= 15 is 0 Å². The smallest absolute Gasteiger partial charge is 0.275 e. The molecule has 6 heteroatoms. The van der Waals surface area contributed by atoms with Crippen LogP contribution in [0.2, 0.25) is 0 Å². The van der Waals surface area contributed by atoms with Gasteiger partial charge in [0.15, 0.2) is 0 Å². The molecule has 2 aromatic carbocycles. The number of aromatic nitrogens is 2. The third-order valence-electron chi connectivity index (χ3n) is 4.99. The molecule has 3 rings (SSSR count). The molecule has 1 heterocycles. The molecule has 0 spiro atoms. The molecule has 1 aromatic heterocycles. The predicted octanol–water partition coefficient (Wildman–Crippen LogP) is 2.60. The minimum Gasteiger partial charge on any atom is -0.353 e. The molecule has 0 aliphatic heterocycles. The molecule has 0 aliphatic rings. The van der Waals surface area contributed by atoms with E-state index in [2.05, 4.69) is 41.3 Å². The van der Waals surface area contributed by atoms with Gasteiger partial charge in [0.1, 0.15) is 6.54 Å². The maximum Gasteiger partial charge on any atom is 0.275 e. The van der Waals surface area contributed by atoms with E-state index in [-0.39, 0.29) is 24.1 Å². The quantitative estimate of drug-likeness (QED) is 0.654. The van der Waals surface area contributed by atoms with Gasteiger partial charge in [-0.25, -0.2) is 4.68 Å². The molecule has 0 aliphatic carbocycles. The zero-order valence-corrected chi connectivity index (χ0v) is 16.3. The maximum atomic E-state index is 12.5. The molecule has 0 fully saturated rings. The Bertz CT molecular complexity index is 980. The van der Waals surface area contributed by atoms with Crippen molar-refractivity contribution < 1.29 is 4.79 Å². The number of nitrogens with zero attached hydrogens (tertiary/aromatic N) is 3. The average Bonchev–Trinajstić information content (AvgIpc) is 2.74. The maximum absolute atomic E-state index is 12.5. The van der Waals surface area contributed by atoms with E-state index in [0.717, 1.165) is 24.0 Å². The summed E-state index contributed by atoms with van der Waals surface area (Å²) >= 11 is 0. The SMILES string of the molecule is CCN(CC)C(CNC(=O)Cn1ncc2ccccc2c1=O)c1ccccc1. The number of fused-ring (bicyclic) bond motifs is 1. The molecule has 0 bridgehead atoms. The zero-order chi connectivity index (χ0) is 19.9. The van der Waals surface area contributed by atoms with E-state index in [1.54, 1.807) is 12.3 Å². The summed E-state index contributed by atoms with van der Waals surface area (Å²) in [6, 6.07) is 17.5. The first-order valence-electron chi connectivity index (χ1n) is 9.64. The fourth-order valence-electron chi connectivity index (χ4n) is 3.44. The van der Waals surface area contributed by atoms with Crippen LogP contribution in [-0.2, 0) is 11.3 Å². The van der Waals surface area contributed by atoms with Gasteiger partial charge < -0.3 is 5.32 Å². The normalized spacial score (nSPS) is 12.2. The van der Waals surface area contributed by atoms with Crippen LogP contribution in [0.4, 0.5) is 0 Å². The van der Waals surface area contributed by atoms with Crippen LogP contribution in [-0.4, -0.2) is 40.2 Å². The lowest BCUT2D eigenvalue weighted by Gasteiger charge is -2.30. The van der Waals surface area contributed by atoms with E-state index in [0.29, 0.717) is 11.9 Å². The number of carbonyl (C=O) groups is 1. The third-order valence-corrected chi connectivity index (χ3v) is 4.99. The topological polar surface area (TPSA) is 67.2 Å². The van der Waals surface area contributed by atoms with Gasteiger partial charge in [-0.2, -0.15) is 5.10 Å².